The van der Waals surface area contributed by atoms with E-state index in [1.54, 1.807) is 0 Å². The fourth-order valence-electron chi connectivity index (χ4n) is 2.05. The van der Waals surface area contributed by atoms with Gasteiger partial charge in [0.2, 0.25) is 0 Å². The van der Waals surface area contributed by atoms with Gasteiger partial charge in [0.1, 0.15) is 0 Å². The summed E-state index contributed by atoms with van der Waals surface area (Å²) in [5.74, 6) is 0. The van der Waals surface area contributed by atoms with E-state index in [0.29, 0.717) is 6.42 Å². The van der Waals surface area contributed by atoms with Gasteiger partial charge < -0.3 is 0 Å². The van der Waals surface area contributed by atoms with E-state index in [2.05, 4.69) is 30.3 Å². The summed E-state index contributed by atoms with van der Waals surface area (Å²) in [5, 5.41) is 0. The summed E-state index contributed by atoms with van der Waals surface area (Å²) in [7, 11) is 0. The third-order valence-electron chi connectivity index (χ3n) is 3.09. The Morgan fingerprint density at radius 2 is 1.35 bits per heavy atom. The number of carbonyl (C=O) groups excluding carboxylic acids is 1. The highest BCUT2D eigenvalue weighted by Gasteiger charge is 1.94. The maximum absolute atomic E-state index is 9.99. The fourth-order valence-corrected chi connectivity index (χ4v) is 2.05. The maximum atomic E-state index is 9.99. The zero-order chi connectivity index (χ0) is 12.2. The molecular weight excluding hydrogens is 208 g/mol. The molecular formula is C16H23O. The van der Waals surface area contributed by atoms with Crippen LogP contribution >= 0.6 is 0 Å². The Morgan fingerprint density at radius 3 is 2.00 bits per heavy atom. The standard InChI is InChI=1S/C16H23O/c17-15-11-6-4-2-1-3-5-8-12-16-13-9-7-10-14-16/h7,9-10,13-14H,1-6,8,11-12H2. The molecule has 1 radical (unpaired) electrons. The van der Waals surface area contributed by atoms with E-state index in [1.165, 1.54) is 50.5 Å². The van der Waals surface area contributed by atoms with Gasteiger partial charge in [-0.05, 0) is 24.8 Å². The van der Waals surface area contributed by atoms with Crippen LogP contribution in [0.25, 0.3) is 0 Å². The number of hydrogen-bond acceptors (Lipinski definition) is 1. The first-order chi connectivity index (χ1) is 8.43. The van der Waals surface area contributed by atoms with Crippen LogP contribution in [0.1, 0.15) is 56.9 Å². The van der Waals surface area contributed by atoms with E-state index in [1.807, 2.05) is 6.29 Å². The Kier molecular flexibility index (Phi) is 8.27. The molecule has 0 saturated carbocycles. The number of hydrogen-bond donors (Lipinski definition) is 0. The van der Waals surface area contributed by atoms with Crippen LogP contribution in [-0.2, 0) is 11.2 Å². The second kappa shape index (κ2) is 10.1. The summed E-state index contributed by atoms with van der Waals surface area (Å²) in [6, 6.07) is 10.7. The van der Waals surface area contributed by atoms with Gasteiger partial charge >= 0.3 is 0 Å². The van der Waals surface area contributed by atoms with Crippen molar-refractivity contribution in [3.05, 3.63) is 35.9 Å². The number of unbranched alkanes of at least 4 members (excludes halogenated alkanes) is 7. The van der Waals surface area contributed by atoms with Crippen LogP contribution in [0.2, 0.25) is 0 Å². The second-order valence-corrected chi connectivity index (χ2v) is 4.60. The van der Waals surface area contributed by atoms with E-state index in [0.717, 1.165) is 6.42 Å². The van der Waals surface area contributed by atoms with Gasteiger partial charge in [-0.1, -0.05) is 62.4 Å². The molecule has 0 amide bonds. The average molecular weight is 231 g/mol. The van der Waals surface area contributed by atoms with E-state index in [9.17, 15) is 4.79 Å². The first-order valence-corrected chi connectivity index (χ1v) is 6.82. The molecule has 1 nitrogen and oxygen atoms in total. The predicted molar refractivity (Wildman–Crippen MR) is 72.8 cm³/mol. The number of rotatable bonds is 10. The minimum absolute atomic E-state index is 0.619. The van der Waals surface area contributed by atoms with E-state index >= 15 is 0 Å². The highest BCUT2D eigenvalue weighted by atomic mass is 16.1. The predicted octanol–water partition coefficient (Wildman–Crippen LogP) is 4.46. The quantitative estimate of drug-likeness (QED) is 0.543. The summed E-state index contributed by atoms with van der Waals surface area (Å²) >= 11 is 0. The Morgan fingerprint density at radius 1 is 0.765 bits per heavy atom. The van der Waals surface area contributed by atoms with Crippen molar-refractivity contribution < 1.29 is 4.79 Å². The van der Waals surface area contributed by atoms with Gasteiger partial charge in [-0.3, -0.25) is 4.79 Å². The van der Waals surface area contributed by atoms with Gasteiger partial charge in [0.25, 0.3) is 0 Å². The first-order valence-electron chi connectivity index (χ1n) is 6.82. The van der Waals surface area contributed by atoms with Crippen LogP contribution in [0.4, 0.5) is 0 Å². The van der Waals surface area contributed by atoms with Gasteiger partial charge in [-0.25, -0.2) is 0 Å². The highest BCUT2D eigenvalue weighted by Crippen LogP contribution is 2.10. The molecule has 0 bridgehead atoms. The molecule has 1 heteroatoms. The van der Waals surface area contributed by atoms with Crippen molar-refractivity contribution in [1.29, 1.82) is 0 Å². The monoisotopic (exact) mass is 231 g/mol. The molecule has 1 aromatic carbocycles. The fraction of sp³-hybridized carbons (Fsp3) is 0.562. The highest BCUT2D eigenvalue weighted by molar-refractivity contribution is 5.50. The van der Waals surface area contributed by atoms with Gasteiger partial charge in [-0.2, -0.15) is 0 Å². The molecule has 0 unspecified atom stereocenters. The van der Waals surface area contributed by atoms with Gasteiger partial charge in [-0.15, -0.1) is 0 Å². The molecule has 0 aliphatic rings. The lowest BCUT2D eigenvalue weighted by atomic mass is 10.0. The molecule has 0 aliphatic carbocycles. The van der Waals surface area contributed by atoms with Crippen molar-refractivity contribution in [3.63, 3.8) is 0 Å². The topological polar surface area (TPSA) is 17.1 Å². The van der Waals surface area contributed by atoms with Crippen LogP contribution in [-0.4, -0.2) is 6.29 Å². The van der Waals surface area contributed by atoms with E-state index in [4.69, 9.17) is 0 Å². The van der Waals surface area contributed by atoms with Crippen molar-refractivity contribution in [2.24, 2.45) is 0 Å². The summed E-state index contributed by atoms with van der Waals surface area (Å²) < 4.78 is 0. The zero-order valence-electron chi connectivity index (χ0n) is 10.7. The molecule has 0 N–H and O–H groups in total. The lowest BCUT2D eigenvalue weighted by molar-refractivity contribution is 0.539. The van der Waals surface area contributed by atoms with Crippen LogP contribution in [0, 0.1) is 0 Å². The van der Waals surface area contributed by atoms with Crippen LogP contribution < -0.4 is 0 Å². The molecule has 0 heterocycles. The minimum atomic E-state index is 0.619. The van der Waals surface area contributed by atoms with Gasteiger partial charge in [0, 0.05) is 6.42 Å². The minimum Gasteiger partial charge on any atom is -0.291 e. The van der Waals surface area contributed by atoms with Crippen molar-refractivity contribution >= 4 is 6.29 Å². The second-order valence-electron chi connectivity index (χ2n) is 4.60. The van der Waals surface area contributed by atoms with Crippen LogP contribution in [0.3, 0.4) is 0 Å². The molecule has 0 fully saturated rings. The van der Waals surface area contributed by atoms with Gasteiger partial charge in [0.05, 0.1) is 0 Å². The Bertz CT molecular complexity index is 279. The molecule has 93 valence electrons. The summed E-state index contributed by atoms with van der Waals surface area (Å²) in [4.78, 5) is 9.99. The van der Waals surface area contributed by atoms with Crippen LogP contribution in [0.15, 0.2) is 30.3 Å². The molecule has 17 heavy (non-hydrogen) atoms. The van der Waals surface area contributed by atoms with Gasteiger partial charge in [0.15, 0.2) is 6.29 Å². The molecule has 0 spiro atoms. The normalized spacial score (nSPS) is 10.4. The zero-order valence-corrected chi connectivity index (χ0v) is 10.7. The van der Waals surface area contributed by atoms with Crippen molar-refractivity contribution in [2.45, 2.75) is 57.8 Å². The molecule has 1 aromatic rings. The van der Waals surface area contributed by atoms with Crippen molar-refractivity contribution in [3.8, 4) is 0 Å². The Hall–Kier alpha value is -1.11. The van der Waals surface area contributed by atoms with Crippen molar-refractivity contribution in [2.75, 3.05) is 0 Å². The molecule has 0 atom stereocenters. The maximum Gasteiger partial charge on any atom is 0.198 e. The Labute approximate surface area is 105 Å². The molecule has 0 aliphatic heterocycles. The largest absolute Gasteiger partial charge is 0.291 e. The van der Waals surface area contributed by atoms with Crippen LogP contribution in [0.5, 0.6) is 0 Å². The molecule has 1 rings (SSSR count). The lowest BCUT2D eigenvalue weighted by Gasteiger charge is -2.02. The third-order valence-corrected chi connectivity index (χ3v) is 3.09. The van der Waals surface area contributed by atoms with Crippen molar-refractivity contribution in [1.82, 2.24) is 0 Å². The number of aryl methyl sites for hydroxylation is 1. The molecule has 0 saturated heterocycles. The first kappa shape index (κ1) is 14.0. The van der Waals surface area contributed by atoms with E-state index in [-0.39, 0.29) is 0 Å². The SMILES string of the molecule is O=[C]CCCCCCCCCc1ccccc1. The molecule has 0 aromatic heterocycles. The lowest BCUT2D eigenvalue weighted by Crippen LogP contribution is -1.86. The Balaban J connectivity index is 1.86. The number of benzene rings is 1. The van der Waals surface area contributed by atoms with E-state index < -0.39 is 0 Å². The average Bonchev–Trinajstić information content (AvgIpc) is 2.38. The summed E-state index contributed by atoms with van der Waals surface area (Å²) in [5.41, 5.74) is 1.45. The summed E-state index contributed by atoms with van der Waals surface area (Å²) in [6.45, 7) is 0. The third kappa shape index (κ3) is 7.73. The smallest absolute Gasteiger partial charge is 0.198 e. The summed E-state index contributed by atoms with van der Waals surface area (Å²) in [6.07, 6.45) is 12.5.